The zero-order chi connectivity index (χ0) is 12.4. The van der Waals surface area contributed by atoms with Crippen molar-refractivity contribution < 1.29 is 4.39 Å². The molecule has 0 fully saturated rings. The Morgan fingerprint density at radius 2 is 2.00 bits per heavy atom. The van der Waals surface area contributed by atoms with Gasteiger partial charge in [-0.15, -0.1) is 0 Å². The molecule has 2 N–H and O–H groups in total. The minimum absolute atomic E-state index is 0.0819. The number of halogens is 1. The highest BCUT2D eigenvalue weighted by molar-refractivity contribution is 5.63. The van der Waals surface area contributed by atoms with Crippen molar-refractivity contribution in [1.29, 1.82) is 0 Å². The lowest BCUT2D eigenvalue weighted by Crippen LogP contribution is -2.18. The molecule has 3 nitrogen and oxygen atoms in total. The zero-order valence-electron chi connectivity index (χ0n) is 10.0. The Labute approximate surface area is 100 Å². The fourth-order valence-electron chi connectivity index (χ4n) is 1.96. The second-order valence-electron chi connectivity index (χ2n) is 4.33. The summed E-state index contributed by atoms with van der Waals surface area (Å²) in [7, 11) is 1.88. The Balaban J connectivity index is 2.43. The third-order valence-corrected chi connectivity index (χ3v) is 2.67. The van der Waals surface area contributed by atoms with E-state index in [-0.39, 0.29) is 11.9 Å². The normalized spacial score (nSPS) is 12.7. The van der Waals surface area contributed by atoms with E-state index < -0.39 is 0 Å². The minimum atomic E-state index is -0.232. The van der Waals surface area contributed by atoms with Crippen molar-refractivity contribution in [2.24, 2.45) is 12.8 Å². The highest BCUT2D eigenvalue weighted by Crippen LogP contribution is 2.24. The predicted molar refractivity (Wildman–Crippen MR) is 66.0 cm³/mol. The third kappa shape index (κ3) is 2.53. The highest BCUT2D eigenvalue weighted by Gasteiger charge is 2.12. The van der Waals surface area contributed by atoms with Crippen LogP contribution in [0.5, 0.6) is 0 Å². The second kappa shape index (κ2) is 4.67. The molecule has 0 saturated heterocycles. The molecule has 1 aromatic heterocycles. The van der Waals surface area contributed by atoms with Gasteiger partial charge in [-0.25, -0.2) is 4.39 Å². The van der Waals surface area contributed by atoms with Gasteiger partial charge in [0.2, 0.25) is 0 Å². The lowest BCUT2D eigenvalue weighted by Gasteiger charge is -2.08. The van der Waals surface area contributed by atoms with Crippen LogP contribution in [0.1, 0.15) is 12.5 Å². The lowest BCUT2D eigenvalue weighted by molar-refractivity contribution is 0.628. The van der Waals surface area contributed by atoms with Crippen molar-refractivity contribution >= 4 is 0 Å². The fourth-order valence-corrected chi connectivity index (χ4v) is 1.96. The first-order chi connectivity index (χ1) is 8.08. The fraction of sp³-hybridized carbons (Fsp3) is 0.308. The van der Waals surface area contributed by atoms with E-state index in [0.717, 1.165) is 23.2 Å². The van der Waals surface area contributed by atoms with Crippen molar-refractivity contribution in [1.82, 2.24) is 9.78 Å². The molecule has 0 spiro atoms. The summed E-state index contributed by atoms with van der Waals surface area (Å²) >= 11 is 0. The first-order valence-corrected chi connectivity index (χ1v) is 5.60. The van der Waals surface area contributed by atoms with E-state index in [4.69, 9.17) is 5.73 Å². The summed E-state index contributed by atoms with van der Waals surface area (Å²) in [4.78, 5) is 0. The molecule has 0 aliphatic carbocycles. The van der Waals surface area contributed by atoms with Crippen LogP contribution in [0.3, 0.4) is 0 Å². The number of hydrogen-bond donors (Lipinski definition) is 1. The summed E-state index contributed by atoms with van der Waals surface area (Å²) < 4.78 is 14.7. The molecular formula is C13H16FN3. The van der Waals surface area contributed by atoms with Gasteiger partial charge in [-0.2, -0.15) is 5.10 Å². The van der Waals surface area contributed by atoms with Crippen molar-refractivity contribution in [3.8, 4) is 11.3 Å². The highest BCUT2D eigenvalue weighted by atomic mass is 19.1. The minimum Gasteiger partial charge on any atom is -0.328 e. The van der Waals surface area contributed by atoms with Gasteiger partial charge in [0.1, 0.15) is 5.82 Å². The Hall–Kier alpha value is -1.68. The van der Waals surface area contributed by atoms with Crippen LogP contribution >= 0.6 is 0 Å². The molecule has 1 heterocycles. The summed E-state index contributed by atoms with van der Waals surface area (Å²) in [5, 5.41) is 4.24. The van der Waals surface area contributed by atoms with Crippen LogP contribution in [0, 0.1) is 5.82 Å². The smallest absolute Gasteiger partial charge is 0.123 e. The molecule has 1 atom stereocenters. The number of nitrogens with two attached hydrogens (primary N) is 1. The van der Waals surface area contributed by atoms with E-state index in [2.05, 4.69) is 5.10 Å². The molecule has 1 unspecified atom stereocenters. The Morgan fingerprint density at radius 1 is 1.35 bits per heavy atom. The van der Waals surface area contributed by atoms with Crippen LogP contribution in [-0.2, 0) is 13.5 Å². The second-order valence-corrected chi connectivity index (χ2v) is 4.33. The van der Waals surface area contributed by atoms with Gasteiger partial charge in [-0.1, -0.05) is 0 Å². The molecule has 17 heavy (non-hydrogen) atoms. The van der Waals surface area contributed by atoms with Crippen molar-refractivity contribution in [3.05, 3.63) is 41.8 Å². The summed E-state index contributed by atoms with van der Waals surface area (Å²) in [5.41, 5.74) is 8.86. The van der Waals surface area contributed by atoms with E-state index in [1.54, 1.807) is 16.8 Å². The van der Waals surface area contributed by atoms with Gasteiger partial charge < -0.3 is 5.73 Å². The Morgan fingerprint density at radius 3 is 2.59 bits per heavy atom. The van der Waals surface area contributed by atoms with Crippen molar-refractivity contribution in [2.45, 2.75) is 19.4 Å². The van der Waals surface area contributed by atoms with Crippen LogP contribution < -0.4 is 5.73 Å². The lowest BCUT2D eigenvalue weighted by atomic mass is 10.0. The molecule has 0 bridgehead atoms. The van der Waals surface area contributed by atoms with Crippen LogP contribution in [0.2, 0.25) is 0 Å². The maximum absolute atomic E-state index is 12.9. The molecule has 1 aromatic carbocycles. The van der Waals surface area contributed by atoms with Gasteiger partial charge in [0.15, 0.2) is 0 Å². The van der Waals surface area contributed by atoms with E-state index >= 15 is 0 Å². The van der Waals surface area contributed by atoms with Gasteiger partial charge >= 0.3 is 0 Å². The largest absolute Gasteiger partial charge is 0.328 e. The van der Waals surface area contributed by atoms with Crippen molar-refractivity contribution in [2.75, 3.05) is 0 Å². The van der Waals surface area contributed by atoms with Crippen LogP contribution in [0.25, 0.3) is 11.3 Å². The number of aromatic nitrogens is 2. The van der Waals surface area contributed by atoms with Crippen LogP contribution in [0.4, 0.5) is 4.39 Å². The standard InChI is InChI=1S/C13H16FN3/c1-9(15)7-11-8-16-17(2)13(11)10-3-5-12(14)6-4-10/h3-6,8-9H,7,15H2,1-2H3. The third-order valence-electron chi connectivity index (χ3n) is 2.67. The van der Waals surface area contributed by atoms with Gasteiger partial charge in [0.05, 0.1) is 11.9 Å². The topological polar surface area (TPSA) is 43.8 Å². The molecule has 0 saturated carbocycles. The zero-order valence-corrected chi connectivity index (χ0v) is 10.0. The van der Waals surface area contributed by atoms with Gasteiger partial charge in [0, 0.05) is 18.7 Å². The first-order valence-electron chi connectivity index (χ1n) is 5.60. The first kappa shape index (κ1) is 11.8. The molecule has 90 valence electrons. The van der Waals surface area contributed by atoms with E-state index in [9.17, 15) is 4.39 Å². The number of hydrogen-bond acceptors (Lipinski definition) is 2. The van der Waals surface area contributed by atoms with E-state index in [1.165, 1.54) is 12.1 Å². The number of nitrogens with zero attached hydrogens (tertiary/aromatic N) is 2. The summed E-state index contributed by atoms with van der Waals surface area (Å²) in [5.74, 6) is -0.232. The molecule has 0 radical (unpaired) electrons. The van der Waals surface area contributed by atoms with E-state index in [1.807, 2.05) is 20.2 Å². The predicted octanol–water partition coefficient (Wildman–Crippen LogP) is 2.12. The van der Waals surface area contributed by atoms with Crippen molar-refractivity contribution in [3.63, 3.8) is 0 Å². The molecule has 0 aliphatic heterocycles. The molecule has 0 aliphatic rings. The number of benzene rings is 1. The molecular weight excluding hydrogens is 217 g/mol. The molecule has 0 amide bonds. The average molecular weight is 233 g/mol. The number of rotatable bonds is 3. The Bertz CT molecular complexity index is 500. The average Bonchev–Trinajstić information content (AvgIpc) is 2.61. The number of aryl methyl sites for hydroxylation is 1. The van der Waals surface area contributed by atoms with Crippen LogP contribution in [0.15, 0.2) is 30.5 Å². The van der Waals surface area contributed by atoms with Gasteiger partial charge in [-0.3, -0.25) is 4.68 Å². The summed E-state index contributed by atoms with van der Waals surface area (Å²) in [6, 6.07) is 6.52. The van der Waals surface area contributed by atoms with E-state index in [0.29, 0.717) is 0 Å². The Kier molecular flexibility index (Phi) is 3.24. The molecule has 2 rings (SSSR count). The maximum Gasteiger partial charge on any atom is 0.123 e. The van der Waals surface area contributed by atoms with Gasteiger partial charge in [0.25, 0.3) is 0 Å². The molecule has 2 aromatic rings. The quantitative estimate of drug-likeness (QED) is 0.882. The van der Waals surface area contributed by atoms with Crippen LogP contribution in [-0.4, -0.2) is 15.8 Å². The SMILES string of the molecule is CC(N)Cc1cnn(C)c1-c1ccc(F)cc1. The van der Waals surface area contributed by atoms with Gasteiger partial charge in [-0.05, 0) is 43.2 Å². The monoisotopic (exact) mass is 233 g/mol. The molecule has 4 heteroatoms. The summed E-state index contributed by atoms with van der Waals surface area (Å²) in [6.07, 6.45) is 2.59. The maximum atomic E-state index is 12.9. The summed E-state index contributed by atoms with van der Waals surface area (Å²) in [6.45, 7) is 1.96.